The number of fused-ring (bicyclic) bond motifs is 1. The molecular weight excluding hydrogens is 294 g/mol. The van der Waals surface area contributed by atoms with Crippen LogP contribution < -0.4 is 19.6 Å². The van der Waals surface area contributed by atoms with E-state index in [4.69, 9.17) is 14.2 Å². The standard InChI is InChI=1S/C14H17NO5S/c1-15-7-10(21(5)17)12(16)8-6-9(18-2)13(19-3)14(20-4)11(8)15/h6-7H,1-5H3. The molecule has 1 heterocycles. The molecule has 6 nitrogen and oxygen atoms in total. The Morgan fingerprint density at radius 2 is 1.71 bits per heavy atom. The molecule has 2 rings (SSSR count). The minimum atomic E-state index is -1.38. The number of hydrogen-bond donors (Lipinski definition) is 0. The molecule has 0 aliphatic heterocycles. The van der Waals surface area contributed by atoms with Gasteiger partial charge in [0, 0.05) is 19.5 Å². The van der Waals surface area contributed by atoms with Gasteiger partial charge in [0.2, 0.25) is 11.2 Å². The number of ether oxygens (including phenoxy) is 3. The van der Waals surface area contributed by atoms with Crippen molar-refractivity contribution in [3.63, 3.8) is 0 Å². The highest BCUT2D eigenvalue weighted by molar-refractivity contribution is 7.84. The third-order valence-electron chi connectivity index (χ3n) is 3.25. The van der Waals surface area contributed by atoms with Crippen LogP contribution in [0.15, 0.2) is 22.0 Å². The van der Waals surface area contributed by atoms with Crippen molar-refractivity contribution in [2.75, 3.05) is 27.6 Å². The van der Waals surface area contributed by atoms with Crippen LogP contribution in [0.5, 0.6) is 17.2 Å². The molecule has 0 bridgehead atoms. The summed E-state index contributed by atoms with van der Waals surface area (Å²) in [6, 6.07) is 1.58. The van der Waals surface area contributed by atoms with Gasteiger partial charge >= 0.3 is 0 Å². The molecule has 0 aliphatic rings. The predicted molar refractivity (Wildman–Crippen MR) is 81.2 cm³/mol. The lowest BCUT2D eigenvalue weighted by molar-refractivity contribution is 0.326. The maximum Gasteiger partial charge on any atom is 0.205 e. The van der Waals surface area contributed by atoms with E-state index in [2.05, 4.69) is 0 Å². The van der Waals surface area contributed by atoms with Crippen molar-refractivity contribution in [1.82, 2.24) is 4.57 Å². The molecule has 1 unspecified atom stereocenters. The Balaban J connectivity index is 3.05. The van der Waals surface area contributed by atoms with Gasteiger partial charge in [0.05, 0.1) is 43.0 Å². The highest BCUT2D eigenvalue weighted by Crippen LogP contribution is 2.42. The topological polar surface area (TPSA) is 66.8 Å². The van der Waals surface area contributed by atoms with E-state index in [-0.39, 0.29) is 10.3 Å². The quantitative estimate of drug-likeness (QED) is 0.851. The number of aromatic nitrogens is 1. The van der Waals surface area contributed by atoms with Gasteiger partial charge in [-0.15, -0.1) is 0 Å². The monoisotopic (exact) mass is 311 g/mol. The van der Waals surface area contributed by atoms with Crippen molar-refractivity contribution in [2.24, 2.45) is 7.05 Å². The Morgan fingerprint density at radius 1 is 1.10 bits per heavy atom. The fraction of sp³-hybridized carbons (Fsp3) is 0.357. The Bertz CT molecular complexity index is 781. The molecule has 0 saturated carbocycles. The van der Waals surface area contributed by atoms with Gasteiger partial charge in [-0.25, -0.2) is 0 Å². The second-order valence-electron chi connectivity index (χ2n) is 4.43. The van der Waals surface area contributed by atoms with Gasteiger partial charge in [-0.1, -0.05) is 0 Å². The molecule has 0 aliphatic carbocycles. The summed E-state index contributed by atoms with van der Waals surface area (Å²) in [7, 11) is 4.85. The summed E-state index contributed by atoms with van der Waals surface area (Å²) >= 11 is 0. The molecule has 7 heteroatoms. The summed E-state index contributed by atoms with van der Waals surface area (Å²) in [6.07, 6.45) is 3.02. The van der Waals surface area contributed by atoms with Gasteiger partial charge in [-0.2, -0.15) is 0 Å². The molecule has 1 atom stereocenters. The van der Waals surface area contributed by atoms with E-state index in [9.17, 15) is 9.00 Å². The van der Waals surface area contributed by atoms with Gasteiger partial charge in [0.1, 0.15) is 4.90 Å². The zero-order valence-corrected chi connectivity index (χ0v) is 13.4. The van der Waals surface area contributed by atoms with E-state index in [0.29, 0.717) is 28.2 Å². The largest absolute Gasteiger partial charge is 0.493 e. The maximum absolute atomic E-state index is 12.5. The smallest absolute Gasteiger partial charge is 0.205 e. The van der Waals surface area contributed by atoms with Crippen LogP contribution >= 0.6 is 0 Å². The van der Waals surface area contributed by atoms with Crippen LogP contribution in [0, 0.1) is 0 Å². The normalized spacial score (nSPS) is 12.2. The molecule has 0 saturated heterocycles. The van der Waals surface area contributed by atoms with Crippen LogP contribution in [0.1, 0.15) is 0 Å². The molecule has 2 aromatic rings. The minimum absolute atomic E-state index is 0.235. The number of benzene rings is 1. The highest BCUT2D eigenvalue weighted by Gasteiger charge is 2.21. The van der Waals surface area contributed by atoms with Crippen LogP contribution in [0.4, 0.5) is 0 Å². The van der Waals surface area contributed by atoms with E-state index in [1.807, 2.05) is 0 Å². The molecule has 21 heavy (non-hydrogen) atoms. The van der Waals surface area contributed by atoms with Crippen molar-refractivity contribution < 1.29 is 18.4 Å². The Hall–Kier alpha value is -2.02. The fourth-order valence-corrected chi connectivity index (χ4v) is 2.98. The van der Waals surface area contributed by atoms with Crippen LogP contribution in [0.25, 0.3) is 10.9 Å². The van der Waals surface area contributed by atoms with E-state index in [0.717, 1.165) is 0 Å². The van der Waals surface area contributed by atoms with Gasteiger partial charge in [0.15, 0.2) is 11.5 Å². The van der Waals surface area contributed by atoms with Crippen molar-refractivity contribution in [3.8, 4) is 17.2 Å². The molecule has 0 amide bonds. The molecule has 1 aromatic carbocycles. The second kappa shape index (κ2) is 5.77. The average molecular weight is 311 g/mol. The summed E-state index contributed by atoms with van der Waals surface area (Å²) in [5, 5.41) is 0.375. The zero-order valence-electron chi connectivity index (χ0n) is 12.6. The molecular formula is C14H17NO5S. The Kier molecular flexibility index (Phi) is 4.22. The first-order chi connectivity index (χ1) is 9.96. The van der Waals surface area contributed by atoms with Gasteiger partial charge in [-0.3, -0.25) is 9.00 Å². The summed E-state index contributed by atoms with van der Waals surface area (Å²) in [4.78, 5) is 12.7. The van der Waals surface area contributed by atoms with Crippen molar-refractivity contribution in [1.29, 1.82) is 0 Å². The number of pyridine rings is 1. The van der Waals surface area contributed by atoms with Crippen LogP contribution in [0.3, 0.4) is 0 Å². The molecule has 0 spiro atoms. The summed E-state index contributed by atoms with van der Waals surface area (Å²) in [6.45, 7) is 0. The summed E-state index contributed by atoms with van der Waals surface area (Å²) in [5.41, 5.74) is 0.262. The first kappa shape index (κ1) is 15.4. The Labute approximate surface area is 124 Å². The molecule has 1 aromatic heterocycles. The predicted octanol–water partition coefficient (Wildman–Crippen LogP) is 1.30. The summed E-state index contributed by atoms with van der Waals surface area (Å²) in [5.74, 6) is 1.20. The lowest BCUT2D eigenvalue weighted by Gasteiger charge is -2.17. The number of methoxy groups -OCH3 is 3. The lowest BCUT2D eigenvalue weighted by Crippen LogP contribution is -2.15. The first-order valence-electron chi connectivity index (χ1n) is 6.12. The van der Waals surface area contributed by atoms with Crippen molar-refractivity contribution in [2.45, 2.75) is 4.90 Å². The van der Waals surface area contributed by atoms with Crippen LogP contribution in [-0.2, 0) is 17.8 Å². The SMILES string of the molecule is COc1cc2c(=O)c(S(C)=O)cn(C)c2c(OC)c1OC. The van der Waals surface area contributed by atoms with Gasteiger partial charge in [-0.05, 0) is 6.07 Å². The highest BCUT2D eigenvalue weighted by atomic mass is 32.2. The van der Waals surface area contributed by atoms with E-state index < -0.39 is 10.8 Å². The second-order valence-corrected chi connectivity index (χ2v) is 5.78. The van der Waals surface area contributed by atoms with Gasteiger partial charge in [0.25, 0.3) is 0 Å². The van der Waals surface area contributed by atoms with E-state index in [1.54, 1.807) is 23.9 Å². The third-order valence-corrected chi connectivity index (χ3v) is 4.16. The number of rotatable bonds is 4. The van der Waals surface area contributed by atoms with E-state index in [1.165, 1.54) is 27.6 Å². The summed E-state index contributed by atoms with van der Waals surface area (Å²) < 4.78 is 29.4. The fourth-order valence-electron chi connectivity index (χ4n) is 2.30. The number of nitrogens with zero attached hydrogens (tertiary/aromatic N) is 1. The van der Waals surface area contributed by atoms with E-state index >= 15 is 0 Å². The zero-order chi connectivity index (χ0) is 15.7. The molecule has 0 fully saturated rings. The van der Waals surface area contributed by atoms with Crippen molar-refractivity contribution >= 4 is 21.7 Å². The minimum Gasteiger partial charge on any atom is -0.493 e. The number of aryl methyl sites for hydroxylation is 1. The Morgan fingerprint density at radius 3 is 2.19 bits per heavy atom. The first-order valence-corrected chi connectivity index (χ1v) is 7.67. The molecule has 0 radical (unpaired) electrons. The maximum atomic E-state index is 12.5. The lowest BCUT2D eigenvalue weighted by atomic mass is 10.1. The van der Waals surface area contributed by atoms with Crippen LogP contribution in [0.2, 0.25) is 0 Å². The van der Waals surface area contributed by atoms with Gasteiger partial charge < -0.3 is 18.8 Å². The van der Waals surface area contributed by atoms with Crippen molar-refractivity contribution in [3.05, 3.63) is 22.5 Å². The van der Waals surface area contributed by atoms with Crippen LogP contribution in [-0.4, -0.2) is 36.4 Å². The molecule has 0 N–H and O–H groups in total. The average Bonchev–Trinajstić information content (AvgIpc) is 2.47. The third kappa shape index (κ3) is 2.37. The number of hydrogen-bond acceptors (Lipinski definition) is 5. The molecule has 114 valence electrons.